The number of carbonyl (C=O) groups excluding carboxylic acids is 1. The number of nitrogens with one attached hydrogen (secondary N) is 2. The highest BCUT2D eigenvalue weighted by atomic mass is 19.4. The Labute approximate surface area is 144 Å². The fourth-order valence-corrected chi connectivity index (χ4v) is 3.07. The van der Waals surface area contributed by atoms with Gasteiger partial charge in [0.15, 0.2) is 0 Å². The topological polar surface area (TPSA) is 70.6 Å². The number of hydrogen-bond donors (Lipinski definition) is 3. The van der Waals surface area contributed by atoms with Crippen LogP contribution in [0, 0.1) is 5.41 Å². The number of rotatable bonds is 6. The first-order chi connectivity index (χ1) is 11.8. The molecule has 0 saturated carbocycles. The van der Waals surface area contributed by atoms with Crippen molar-refractivity contribution < 1.29 is 27.8 Å². The number of aliphatic hydroxyl groups excluding tert-OH is 1. The van der Waals surface area contributed by atoms with Gasteiger partial charge in [0.1, 0.15) is 5.75 Å². The second-order valence-electron chi connectivity index (χ2n) is 6.26. The van der Waals surface area contributed by atoms with E-state index in [0.717, 1.165) is 25.0 Å². The van der Waals surface area contributed by atoms with Crippen LogP contribution in [0.2, 0.25) is 0 Å². The van der Waals surface area contributed by atoms with Crippen molar-refractivity contribution in [3.63, 3.8) is 0 Å². The van der Waals surface area contributed by atoms with Gasteiger partial charge in [-0.1, -0.05) is 19.8 Å². The quantitative estimate of drug-likeness (QED) is 0.729. The molecule has 0 bridgehead atoms. The molecule has 1 saturated heterocycles. The van der Waals surface area contributed by atoms with Crippen molar-refractivity contribution in [1.82, 2.24) is 5.32 Å². The predicted molar refractivity (Wildman–Crippen MR) is 87.2 cm³/mol. The van der Waals surface area contributed by atoms with Crippen molar-refractivity contribution in [1.29, 1.82) is 0 Å². The highest BCUT2D eigenvalue weighted by molar-refractivity contribution is 5.96. The van der Waals surface area contributed by atoms with E-state index in [-0.39, 0.29) is 11.7 Å². The summed E-state index contributed by atoms with van der Waals surface area (Å²) in [6.07, 6.45) is -2.78. The van der Waals surface area contributed by atoms with E-state index in [2.05, 4.69) is 15.4 Å². The number of carbonyl (C=O) groups is 1. The van der Waals surface area contributed by atoms with Crippen molar-refractivity contribution >= 4 is 11.6 Å². The van der Waals surface area contributed by atoms with Crippen LogP contribution in [0.25, 0.3) is 0 Å². The zero-order valence-electron chi connectivity index (χ0n) is 14.0. The molecule has 1 fully saturated rings. The Morgan fingerprint density at radius 3 is 2.64 bits per heavy atom. The molecule has 1 aliphatic heterocycles. The highest BCUT2D eigenvalue weighted by Gasteiger charge is 2.45. The summed E-state index contributed by atoms with van der Waals surface area (Å²) in [6, 6.07) is 4.97. The molecule has 1 heterocycles. The lowest BCUT2D eigenvalue weighted by Crippen LogP contribution is -2.55. The summed E-state index contributed by atoms with van der Waals surface area (Å²) in [5, 5.41) is 16.2. The van der Waals surface area contributed by atoms with E-state index in [1.807, 2.05) is 6.92 Å². The number of halogens is 3. The van der Waals surface area contributed by atoms with Crippen LogP contribution in [-0.4, -0.2) is 36.6 Å². The van der Waals surface area contributed by atoms with Crippen LogP contribution in [-0.2, 0) is 4.79 Å². The molecule has 2 atom stereocenters. The zero-order chi connectivity index (χ0) is 18.5. The van der Waals surface area contributed by atoms with Gasteiger partial charge in [-0.25, -0.2) is 0 Å². The Kier molecular flexibility index (Phi) is 6.29. The number of benzene rings is 1. The summed E-state index contributed by atoms with van der Waals surface area (Å²) in [6.45, 7) is 2.99. The first-order valence-corrected chi connectivity index (χ1v) is 8.33. The number of ether oxygens (including phenoxy) is 1. The van der Waals surface area contributed by atoms with E-state index in [1.165, 1.54) is 12.1 Å². The Morgan fingerprint density at radius 1 is 1.40 bits per heavy atom. The largest absolute Gasteiger partial charge is 0.573 e. The monoisotopic (exact) mass is 360 g/mol. The Balaban J connectivity index is 2.09. The van der Waals surface area contributed by atoms with E-state index in [1.54, 1.807) is 0 Å². The van der Waals surface area contributed by atoms with Crippen molar-refractivity contribution in [2.75, 3.05) is 18.4 Å². The van der Waals surface area contributed by atoms with E-state index >= 15 is 0 Å². The number of anilines is 1. The maximum absolute atomic E-state index is 12.8. The van der Waals surface area contributed by atoms with Gasteiger partial charge in [-0.15, -0.1) is 13.2 Å². The fourth-order valence-electron chi connectivity index (χ4n) is 3.07. The van der Waals surface area contributed by atoms with Crippen LogP contribution < -0.4 is 15.4 Å². The van der Waals surface area contributed by atoms with Crippen molar-refractivity contribution in [3.8, 4) is 5.75 Å². The Hall–Kier alpha value is -1.80. The molecule has 140 valence electrons. The van der Waals surface area contributed by atoms with Crippen molar-refractivity contribution in [2.45, 2.75) is 45.1 Å². The number of β-amino-alcohol motifs (C(OH)–C–C–N with tert-alkyl or cyclic N) is 1. The molecule has 5 nitrogen and oxygen atoms in total. The van der Waals surface area contributed by atoms with Crippen LogP contribution >= 0.6 is 0 Å². The Morgan fingerprint density at radius 2 is 2.08 bits per heavy atom. The number of aliphatic hydroxyl groups is 1. The number of piperidine rings is 1. The smallest absolute Gasteiger partial charge is 0.406 e. The average molecular weight is 360 g/mol. The number of alkyl halides is 3. The number of amides is 1. The summed E-state index contributed by atoms with van der Waals surface area (Å²) >= 11 is 0. The summed E-state index contributed by atoms with van der Waals surface area (Å²) in [4.78, 5) is 12.8. The molecule has 2 rings (SSSR count). The molecule has 25 heavy (non-hydrogen) atoms. The molecule has 1 aromatic carbocycles. The van der Waals surface area contributed by atoms with Gasteiger partial charge in [0.25, 0.3) is 0 Å². The van der Waals surface area contributed by atoms with E-state index in [4.69, 9.17) is 0 Å². The molecule has 1 aromatic rings. The lowest BCUT2D eigenvalue weighted by molar-refractivity contribution is -0.274. The molecule has 1 amide bonds. The number of hydrogen-bond acceptors (Lipinski definition) is 4. The van der Waals surface area contributed by atoms with Gasteiger partial charge in [-0.2, -0.15) is 0 Å². The molecular weight excluding hydrogens is 337 g/mol. The molecule has 3 N–H and O–H groups in total. The second kappa shape index (κ2) is 8.05. The van der Waals surface area contributed by atoms with Gasteiger partial charge >= 0.3 is 6.36 Å². The lowest BCUT2D eigenvalue weighted by Gasteiger charge is -2.40. The maximum Gasteiger partial charge on any atom is 0.573 e. The third-order valence-corrected chi connectivity index (χ3v) is 4.50. The maximum atomic E-state index is 12.8. The van der Waals surface area contributed by atoms with Crippen molar-refractivity contribution in [2.24, 2.45) is 5.41 Å². The first kappa shape index (κ1) is 19.5. The third kappa shape index (κ3) is 5.09. The summed E-state index contributed by atoms with van der Waals surface area (Å²) < 4.78 is 40.4. The van der Waals surface area contributed by atoms with Gasteiger partial charge in [0.05, 0.1) is 11.5 Å². The summed E-state index contributed by atoms with van der Waals surface area (Å²) in [5.41, 5.74) is -0.524. The minimum Gasteiger partial charge on any atom is -0.406 e. The van der Waals surface area contributed by atoms with Gasteiger partial charge < -0.3 is 20.5 Å². The first-order valence-electron chi connectivity index (χ1n) is 8.33. The van der Waals surface area contributed by atoms with Crippen LogP contribution in [0.15, 0.2) is 24.3 Å². The van der Waals surface area contributed by atoms with E-state index < -0.39 is 17.9 Å². The van der Waals surface area contributed by atoms with Gasteiger partial charge in [0.2, 0.25) is 5.91 Å². The minimum absolute atomic E-state index is 0.306. The molecule has 0 aromatic heterocycles. The van der Waals surface area contributed by atoms with E-state index in [0.29, 0.717) is 31.6 Å². The molecule has 8 heteroatoms. The number of unbranched alkanes of at least 4 members (excludes halogenated alkanes) is 1. The van der Waals surface area contributed by atoms with Crippen LogP contribution in [0.3, 0.4) is 0 Å². The van der Waals surface area contributed by atoms with Gasteiger partial charge in [0, 0.05) is 12.2 Å². The van der Waals surface area contributed by atoms with E-state index in [9.17, 15) is 23.1 Å². The van der Waals surface area contributed by atoms with Crippen LogP contribution in [0.1, 0.15) is 32.6 Å². The predicted octanol–water partition coefficient (Wildman–Crippen LogP) is 3.05. The molecule has 0 spiro atoms. The van der Waals surface area contributed by atoms with Gasteiger partial charge in [-0.3, -0.25) is 4.79 Å². The van der Waals surface area contributed by atoms with Crippen LogP contribution in [0.4, 0.5) is 18.9 Å². The minimum atomic E-state index is -4.76. The molecule has 0 radical (unpaired) electrons. The summed E-state index contributed by atoms with van der Waals surface area (Å²) in [7, 11) is 0. The van der Waals surface area contributed by atoms with Crippen LogP contribution in [0.5, 0.6) is 5.75 Å². The molecule has 0 aliphatic carbocycles. The normalized spacial score (nSPS) is 24.0. The van der Waals surface area contributed by atoms with Crippen molar-refractivity contribution in [3.05, 3.63) is 24.3 Å². The molecular formula is C17H23F3N2O3. The fraction of sp³-hybridized carbons (Fsp3) is 0.588. The lowest BCUT2D eigenvalue weighted by atomic mass is 9.72. The molecule has 2 unspecified atom stereocenters. The summed E-state index contributed by atoms with van der Waals surface area (Å²) in [5.74, 6) is -0.660. The Bertz CT molecular complexity index is 577. The highest BCUT2D eigenvalue weighted by Crippen LogP contribution is 2.36. The molecule has 1 aliphatic rings. The second-order valence-corrected chi connectivity index (χ2v) is 6.26. The SMILES string of the molecule is CCCCC1(C(=O)Nc2ccc(OC(F)(F)F)cc2)CCNCC1O. The third-order valence-electron chi connectivity index (χ3n) is 4.50. The van der Waals surface area contributed by atoms with Gasteiger partial charge in [-0.05, 0) is 43.7 Å². The average Bonchev–Trinajstić information content (AvgIpc) is 2.55. The standard InChI is InChI=1S/C17H23F3N2O3/c1-2-3-8-16(9-10-21-11-14(16)23)15(24)22-12-4-6-13(7-5-12)25-17(18,19)20/h4-7,14,21,23H,2-3,8-11H2,1H3,(H,22,24). The zero-order valence-corrected chi connectivity index (χ0v) is 14.0.